The van der Waals surface area contributed by atoms with Gasteiger partial charge in [0, 0.05) is 73.5 Å². The predicted molar refractivity (Wildman–Crippen MR) is 265 cm³/mol. The van der Waals surface area contributed by atoms with Crippen molar-refractivity contribution in [2.24, 2.45) is 16.6 Å². The Morgan fingerprint density at radius 2 is 1.39 bits per heavy atom. The summed E-state index contributed by atoms with van der Waals surface area (Å²) in [6.07, 6.45) is -13.7. The number of alkyl halides is 8. The Labute approximate surface area is 452 Å². The summed E-state index contributed by atoms with van der Waals surface area (Å²) in [6.45, 7) is 2.50. The van der Waals surface area contributed by atoms with Crippen LogP contribution in [0, 0.1) is 22.5 Å². The molecule has 29 heteroatoms. The van der Waals surface area contributed by atoms with E-state index in [2.05, 4.69) is 45.0 Å². The fourth-order valence-corrected chi connectivity index (χ4v) is 10.2. The minimum absolute atomic E-state index is 0.00515. The molecule has 5 heterocycles. The summed E-state index contributed by atoms with van der Waals surface area (Å²) in [4.78, 5) is 64.3. The van der Waals surface area contributed by atoms with Crippen molar-refractivity contribution in [3.05, 3.63) is 83.3 Å². The number of alkyl carbamates (subject to hydrolysis) is 2. The summed E-state index contributed by atoms with van der Waals surface area (Å²) in [6, 6.07) is 1.98. The predicted octanol–water partition coefficient (Wildman–Crippen LogP) is 5.41. The molecule has 2 aromatic heterocycles. The molecule has 3 fully saturated rings. The molecule has 0 aliphatic carbocycles. The van der Waals surface area contributed by atoms with Crippen molar-refractivity contribution < 1.29 is 82.4 Å². The van der Waals surface area contributed by atoms with Gasteiger partial charge in [-0.1, -0.05) is 24.3 Å². The Balaban J connectivity index is 1.11. The number of amides is 4. The van der Waals surface area contributed by atoms with E-state index in [1.165, 1.54) is 36.7 Å². The second-order valence-electron chi connectivity index (χ2n) is 20.8. The number of aromatic nitrogens is 4. The summed E-state index contributed by atoms with van der Waals surface area (Å²) >= 11 is 0. The number of aliphatic hydroxyl groups is 1. The third-order valence-corrected chi connectivity index (χ3v) is 15.0. The van der Waals surface area contributed by atoms with Crippen LogP contribution in [0.3, 0.4) is 0 Å². The van der Waals surface area contributed by atoms with Crippen LogP contribution in [0.2, 0.25) is 0 Å². The highest BCUT2D eigenvalue weighted by atomic mass is 19.4. The van der Waals surface area contributed by atoms with Gasteiger partial charge in [0.2, 0.25) is 17.8 Å². The van der Waals surface area contributed by atoms with Crippen LogP contribution >= 0.6 is 0 Å². The summed E-state index contributed by atoms with van der Waals surface area (Å²) in [5.74, 6) is -4.57. The molecule has 3 unspecified atom stereocenters. The zero-order valence-electron chi connectivity index (χ0n) is 43.9. The first kappa shape index (κ1) is 60.8. The van der Waals surface area contributed by atoms with Crippen LogP contribution in [0.25, 0.3) is 22.4 Å². The van der Waals surface area contributed by atoms with Crippen molar-refractivity contribution >= 4 is 29.9 Å². The number of aliphatic hydroxyl groups excluding tert-OH is 1. The van der Waals surface area contributed by atoms with E-state index in [9.17, 15) is 59.4 Å². The highest BCUT2D eigenvalue weighted by Gasteiger charge is 2.59. The number of carbonyl (C=O) groups is 4. The Morgan fingerprint density at radius 1 is 0.812 bits per heavy atom. The van der Waals surface area contributed by atoms with Gasteiger partial charge in [0.05, 0.1) is 62.1 Å². The Morgan fingerprint density at radius 3 is 1.89 bits per heavy atom. The van der Waals surface area contributed by atoms with Gasteiger partial charge in [-0.3, -0.25) is 19.2 Å². The minimum atomic E-state index is -5.28. The van der Waals surface area contributed by atoms with Crippen molar-refractivity contribution in [3.8, 4) is 22.4 Å². The molecule has 4 aromatic rings. The SMILES string of the molecule is COC(=O)N[C@H](C(=O)N[C@@H](Cc1ccc(-c2nn(CC(F)F)cc2CC(C)([C@H](NC(=O)OC)C(N)=O)C(F)(F)F)cc1)[C@@H](O)CNCc1c(F)cc(-c2cnc(N3CC4CCC(C3)N4C3COC3)nc2)cc1F)C(C)(C)C(F)(F)F. The molecule has 0 spiro atoms. The number of hydrogen-bond donors (Lipinski definition) is 6. The molecular weight excluding hydrogens is 1080 g/mol. The number of ether oxygens (including phenoxy) is 3. The van der Waals surface area contributed by atoms with Crippen molar-refractivity contribution in [1.29, 1.82) is 0 Å². The first-order valence-corrected chi connectivity index (χ1v) is 25.2. The van der Waals surface area contributed by atoms with Crippen LogP contribution in [0.1, 0.15) is 50.3 Å². The second kappa shape index (κ2) is 24.5. The van der Waals surface area contributed by atoms with Gasteiger partial charge in [-0.05, 0) is 75.3 Å². The number of rotatable bonds is 22. The van der Waals surface area contributed by atoms with Crippen LogP contribution in [0.4, 0.5) is 59.4 Å². The fraction of sp³-hybridized carbons (Fsp3) is 0.549. The van der Waals surface area contributed by atoms with Crippen molar-refractivity contribution in [2.75, 3.05) is 52.0 Å². The molecule has 7 atom stereocenters. The van der Waals surface area contributed by atoms with Crippen molar-refractivity contribution in [1.82, 2.24) is 45.9 Å². The summed E-state index contributed by atoms with van der Waals surface area (Å²) < 4.78 is 162. The first-order chi connectivity index (χ1) is 37.5. The number of primary amides is 1. The zero-order chi connectivity index (χ0) is 58.6. The first-order valence-electron chi connectivity index (χ1n) is 25.2. The second-order valence-corrected chi connectivity index (χ2v) is 20.8. The third-order valence-electron chi connectivity index (χ3n) is 15.0. The maximum absolute atomic E-state index is 15.7. The van der Waals surface area contributed by atoms with Crippen LogP contribution in [-0.4, -0.2) is 162 Å². The monoisotopic (exact) mass is 1150 g/mol. The molecule has 80 heavy (non-hydrogen) atoms. The number of benzene rings is 2. The number of nitrogens with one attached hydrogen (secondary N) is 4. The standard InChI is InChI=1S/C51H61F10N11O8/c1-48(2,50(56,57)58)42(68-47(77)79-5)44(75)66-37(12-26-6-8-27(9-7-26)40-29(20-71(69-40)23-39(54)55)15-49(3,51(59,60)61)41(43(62)74)67-46(76)78-4)38(73)19-63-18-34-35(52)13-28(14-36(34)53)30-16-64-45(65-17-30)70-21-31-10-11-32(22-70)72(31)33-24-80-25-33/h6-9,13-14,16-17,20,31-33,37-39,41-42,63,73H,10-12,15,18-19,21-25H2,1-5H3,(H2,62,74)(H,66,75)(H,67,76)(H,68,77)/t31?,32?,37-,38-,41+,42+,49?/m0/s1. The van der Waals surface area contributed by atoms with E-state index < -0.39 is 128 Å². The third kappa shape index (κ3) is 13.5. The number of anilines is 1. The molecule has 7 rings (SSSR count). The van der Waals surface area contributed by atoms with Gasteiger partial charge in [-0.15, -0.1) is 0 Å². The molecule has 2 bridgehead atoms. The average Bonchev–Trinajstić information content (AvgIpc) is 3.87. The normalized spacial score (nSPS) is 19.3. The maximum atomic E-state index is 15.7. The fourth-order valence-electron chi connectivity index (χ4n) is 10.2. The summed E-state index contributed by atoms with van der Waals surface area (Å²) in [5, 5.41) is 24.4. The summed E-state index contributed by atoms with van der Waals surface area (Å²) in [5.41, 5.74) is -1.28. The lowest BCUT2D eigenvalue weighted by atomic mass is 9.75. The molecule has 19 nitrogen and oxygen atoms in total. The van der Waals surface area contributed by atoms with Crippen molar-refractivity contribution in [3.63, 3.8) is 0 Å². The number of nitrogens with two attached hydrogens (primary N) is 1. The molecule has 4 amide bonds. The Hall–Kier alpha value is -6.85. The molecule has 0 radical (unpaired) electrons. The van der Waals surface area contributed by atoms with E-state index in [0.29, 0.717) is 68.3 Å². The smallest absolute Gasteiger partial charge is 0.407 e. The minimum Gasteiger partial charge on any atom is -0.453 e. The molecule has 7 N–H and O–H groups in total. The van der Waals surface area contributed by atoms with Crippen LogP contribution in [0.15, 0.2) is 55.0 Å². The van der Waals surface area contributed by atoms with Gasteiger partial charge in [0.1, 0.15) is 30.3 Å². The quantitative estimate of drug-likeness (QED) is 0.0540. The van der Waals surface area contributed by atoms with E-state index in [1.54, 1.807) is 5.32 Å². The van der Waals surface area contributed by atoms with E-state index in [1.807, 2.05) is 5.32 Å². The van der Waals surface area contributed by atoms with Crippen molar-refractivity contribution in [2.45, 2.75) is 121 Å². The van der Waals surface area contributed by atoms with E-state index >= 15 is 8.78 Å². The lowest BCUT2D eigenvalue weighted by molar-refractivity contribution is -0.226. The molecule has 3 aliphatic heterocycles. The number of piperazine rings is 1. The largest absolute Gasteiger partial charge is 0.453 e. The molecular formula is C51H61F10N11O8. The van der Waals surface area contributed by atoms with Gasteiger partial charge in [0.15, 0.2) is 0 Å². The molecule has 438 valence electrons. The topological polar surface area (TPSA) is 240 Å². The number of fused-ring (bicyclic) bond motifs is 2. The zero-order valence-corrected chi connectivity index (χ0v) is 43.9. The van der Waals surface area contributed by atoms with Gasteiger partial charge >= 0.3 is 24.5 Å². The van der Waals surface area contributed by atoms with E-state index in [-0.39, 0.29) is 27.9 Å². The molecule has 3 saturated heterocycles. The Bertz CT molecular complexity index is 2800. The van der Waals surface area contributed by atoms with E-state index in [4.69, 9.17) is 10.5 Å². The van der Waals surface area contributed by atoms with Crippen LogP contribution < -0.4 is 31.9 Å². The Kier molecular flexibility index (Phi) is 18.6. The summed E-state index contributed by atoms with van der Waals surface area (Å²) in [7, 11) is 1.67. The maximum Gasteiger partial charge on any atom is 0.407 e. The lowest BCUT2D eigenvalue weighted by Gasteiger charge is -2.47. The highest BCUT2D eigenvalue weighted by molar-refractivity contribution is 5.87. The number of halogens is 10. The molecule has 2 aromatic carbocycles. The number of methoxy groups -OCH3 is 2. The molecule has 3 aliphatic rings. The van der Waals surface area contributed by atoms with Gasteiger partial charge in [-0.2, -0.15) is 31.4 Å². The van der Waals surface area contributed by atoms with Crippen LogP contribution in [0.5, 0.6) is 0 Å². The number of hydrogen-bond acceptors (Lipinski definition) is 14. The lowest BCUT2D eigenvalue weighted by Crippen LogP contribution is -2.62. The van der Waals surface area contributed by atoms with Gasteiger partial charge in [0.25, 0.3) is 6.43 Å². The molecule has 0 saturated carbocycles. The highest BCUT2D eigenvalue weighted by Crippen LogP contribution is 2.46. The van der Waals surface area contributed by atoms with Gasteiger partial charge in [-0.25, -0.2) is 37.1 Å². The average molecular weight is 1150 g/mol. The van der Waals surface area contributed by atoms with E-state index in [0.717, 1.165) is 58.5 Å². The van der Waals surface area contributed by atoms with Crippen LogP contribution in [-0.2, 0) is 49.7 Å². The number of nitrogens with zero attached hydrogens (tertiary/aromatic N) is 6. The number of carbonyl (C=O) groups excluding carboxylic acids is 4. The van der Waals surface area contributed by atoms with Gasteiger partial charge < -0.3 is 51.2 Å².